The van der Waals surface area contributed by atoms with Crippen molar-refractivity contribution in [2.24, 2.45) is 0 Å². The molecule has 2 amide bonds. The van der Waals surface area contributed by atoms with Gasteiger partial charge in [-0.2, -0.15) is 0 Å². The summed E-state index contributed by atoms with van der Waals surface area (Å²) in [5, 5.41) is 2.78. The second-order valence-corrected chi connectivity index (χ2v) is 6.90. The summed E-state index contributed by atoms with van der Waals surface area (Å²) in [5.41, 5.74) is 2.42. The highest BCUT2D eigenvalue weighted by Crippen LogP contribution is 2.28. The molecule has 1 fully saturated rings. The molecule has 1 aliphatic heterocycles. The maximum absolute atomic E-state index is 13.1. The predicted molar refractivity (Wildman–Crippen MR) is 114 cm³/mol. The van der Waals surface area contributed by atoms with Gasteiger partial charge in [-0.05, 0) is 42.8 Å². The van der Waals surface area contributed by atoms with E-state index in [0.29, 0.717) is 48.9 Å². The first kappa shape index (κ1) is 21.4. The number of nitrogens with zero attached hydrogens (tertiary/aromatic N) is 1. The highest BCUT2D eigenvalue weighted by molar-refractivity contribution is 6.05. The quantitative estimate of drug-likeness (QED) is 0.741. The summed E-state index contributed by atoms with van der Waals surface area (Å²) in [6.07, 6.45) is 1.64. The van der Waals surface area contributed by atoms with E-state index in [1.165, 1.54) is 0 Å². The molecule has 30 heavy (non-hydrogen) atoms. The van der Waals surface area contributed by atoms with E-state index in [1.807, 2.05) is 19.1 Å². The molecule has 0 radical (unpaired) electrons. The minimum atomic E-state index is -0.344. The van der Waals surface area contributed by atoms with Gasteiger partial charge in [0.2, 0.25) is 0 Å². The van der Waals surface area contributed by atoms with Crippen LogP contribution >= 0.6 is 0 Å². The molecule has 3 rings (SSSR count). The Labute approximate surface area is 176 Å². The lowest BCUT2D eigenvalue weighted by Crippen LogP contribution is -2.44. The van der Waals surface area contributed by atoms with E-state index in [0.717, 1.165) is 5.56 Å². The zero-order valence-electron chi connectivity index (χ0n) is 17.4. The molecule has 1 N–H and O–H groups in total. The van der Waals surface area contributed by atoms with Crippen LogP contribution in [0.1, 0.15) is 21.5 Å². The lowest BCUT2D eigenvalue weighted by molar-refractivity contribution is -0.131. The number of hydrogen-bond donors (Lipinski definition) is 1. The Morgan fingerprint density at radius 1 is 1.00 bits per heavy atom. The summed E-state index contributed by atoms with van der Waals surface area (Å²) in [4.78, 5) is 27.6. The summed E-state index contributed by atoms with van der Waals surface area (Å²) in [6.45, 7) is 3.85. The normalized spacial score (nSPS) is 14.2. The highest BCUT2D eigenvalue weighted by atomic mass is 16.5. The van der Waals surface area contributed by atoms with E-state index < -0.39 is 0 Å². The number of methoxy groups -OCH3 is 2. The molecule has 0 aliphatic carbocycles. The fraction of sp³-hybridized carbons (Fsp3) is 0.304. The molecule has 2 aromatic carbocycles. The maximum Gasteiger partial charge on any atom is 0.270 e. The van der Waals surface area contributed by atoms with Crippen molar-refractivity contribution in [1.29, 1.82) is 0 Å². The van der Waals surface area contributed by atoms with Crippen LogP contribution in [0, 0.1) is 6.92 Å². The maximum atomic E-state index is 13.1. The van der Waals surface area contributed by atoms with Gasteiger partial charge in [0.25, 0.3) is 11.8 Å². The third kappa shape index (κ3) is 5.18. The van der Waals surface area contributed by atoms with E-state index in [-0.39, 0.29) is 17.5 Å². The van der Waals surface area contributed by atoms with Gasteiger partial charge in [-0.1, -0.05) is 23.8 Å². The zero-order valence-corrected chi connectivity index (χ0v) is 17.4. The Bertz CT molecular complexity index is 931. The monoisotopic (exact) mass is 410 g/mol. The number of ether oxygens (including phenoxy) is 3. The number of morpholine rings is 1. The SMILES string of the molecule is COc1ccc(C=C(NC(=O)c2ccc(C)cc2)C(=O)N2CCOCC2)cc1OC. The number of benzene rings is 2. The van der Waals surface area contributed by atoms with Crippen LogP contribution in [0.5, 0.6) is 11.5 Å². The van der Waals surface area contributed by atoms with Gasteiger partial charge in [-0.15, -0.1) is 0 Å². The predicted octanol–water partition coefficient (Wildman–Crippen LogP) is 2.64. The first-order chi connectivity index (χ1) is 14.5. The van der Waals surface area contributed by atoms with Crippen molar-refractivity contribution in [3.8, 4) is 11.5 Å². The van der Waals surface area contributed by atoms with Crippen LogP contribution in [-0.2, 0) is 9.53 Å². The molecule has 0 bridgehead atoms. The first-order valence-corrected chi connectivity index (χ1v) is 9.70. The molecule has 7 nitrogen and oxygen atoms in total. The molecule has 7 heteroatoms. The van der Waals surface area contributed by atoms with Crippen LogP contribution in [0.2, 0.25) is 0 Å². The second-order valence-electron chi connectivity index (χ2n) is 6.90. The van der Waals surface area contributed by atoms with Gasteiger partial charge in [0.15, 0.2) is 11.5 Å². The lowest BCUT2D eigenvalue weighted by atomic mass is 10.1. The van der Waals surface area contributed by atoms with Crippen molar-refractivity contribution in [3.63, 3.8) is 0 Å². The summed E-state index contributed by atoms with van der Waals surface area (Å²) in [5.74, 6) is 0.519. The van der Waals surface area contributed by atoms with Crippen LogP contribution in [0.25, 0.3) is 6.08 Å². The van der Waals surface area contributed by atoms with Crippen molar-refractivity contribution in [3.05, 3.63) is 64.9 Å². The Hall–Kier alpha value is -3.32. The van der Waals surface area contributed by atoms with Gasteiger partial charge < -0.3 is 24.4 Å². The van der Waals surface area contributed by atoms with Crippen LogP contribution in [0.4, 0.5) is 0 Å². The van der Waals surface area contributed by atoms with Gasteiger partial charge in [0.1, 0.15) is 5.70 Å². The van der Waals surface area contributed by atoms with Crippen molar-refractivity contribution in [1.82, 2.24) is 10.2 Å². The number of rotatable bonds is 6. The average molecular weight is 410 g/mol. The fourth-order valence-electron chi connectivity index (χ4n) is 3.10. The molecular weight excluding hydrogens is 384 g/mol. The zero-order chi connectivity index (χ0) is 21.5. The number of nitrogens with one attached hydrogen (secondary N) is 1. The molecule has 0 spiro atoms. The Morgan fingerprint density at radius 2 is 1.67 bits per heavy atom. The largest absolute Gasteiger partial charge is 0.493 e. The first-order valence-electron chi connectivity index (χ1n) is 9.70. The van der Waals surface area contributed by atoms with E-state index >= 15 is 0 Å². The van der Waals surface area contributed by atoms with Crippen molar-refractivity contribution in [2.75, 3.05) is 40.5 Å². The van der Waals surface area contributed by atoms with Crippen LogP contribution in [0.15, 0.2) is 48.2 Å². The van der Waals surface area contributed by atoms with Gasteiger partial charge in [0.05, 0.1) is 27.4 Å². The Balaban J connectivity index is 1.92. The summed E-state index contributed by atoms with van der Waals surface area (Å²) < 4.78 is 15.9. The molecule has 0 aromatic heterocycles. The van der Waals surface area contributed by atoms with Gasteiger partial charge in [0, 0.05) is 18.7 Å². The third-order valence-corrected chi connectivity index (χ3v) is 4.81. The average Bonchev–Trinajstić information content (AvgIpc) is 2.79. The van der Waals surface area contributed by atoms with Gasteiger partial charge in [-0.25, -0.2) is 0 Å². The molecule has 2 aromatic rings. The summed E-state index contributed by atoms with van der Waals surface area (Å²) >= 11 is 0. The van der Waals surface area contributed by atoms with Crippen LogP contribution in [-0.4, -0.2) is 57.2 Å². The standard InChI is InChI=1S/C23H26N2O5/c1-16-4-7-18(8-5-16)22(26)24-19(23(27)25-10-12-30-13-11-25)14-17-6-9-20(28-2)21(15-17)29-3/h4-9,14-15H,10-13H2,1-3H3,(H,24,26). The van der Waals surface area contributed by atoms with E-state index in [4.69, 9.17) is 14.2 Å². The smallest absolute Gasteiger partial charge is 0.270 e. The number of carbonyl (C=O) groups is 2. The van der Waals surface area contributed by atoms with E-state index in [2.05, 4.69) is 5.32 Å². The Kier molecular flexibility index (Phi) is 7.08. The van der Waals surface area contributed by atoms with E-state index in [1.54, 1.807) is 55.5 Å². The number of amides is 2. The minimum absolute atomic E-state index is 0.190. The topological polar surface area (TPSA) is 77.1 Å². The molecule has 0 unspecified atom stereocenters. The minimum Gasteiger partial charge on any atom is -0.493 e. The fourth-order valence-corrected chi connectivity index (χ4v) is 3.10. The number of hydrogen-bond acceptors (Lipinski definition) is 5. The molecule has 1 saturated heterocycles. The molecule has 1 heterocycles. The van der Waals surface area contributed by atoms with Crippen molar-refractivity contribution in [2.45, 2.75) is 6.92 Å². The second kappa shape index (κ2) is 9.93. The molecule has 158 valence electrons. The Morgan fingerprint density at radius 3 is 2.30 bits per heavy atom. The summed E-state index contributed by atoms with van der Waals surface area (Å²) in [7, 11) is 3.10. The van der Waals surface area contributed by atoms with Crippen LogP contribution in [0.3, 0.4) is 0 Å². The molecule has 0 atom stereocenters. The van der Waals surface area contributed by atoms with Gasteiger partial charge in [-0.3, -0.25) is 9.59 Å². The van der Waals surface area contributed by atoms with Crippen LogP contribution < -0.4 is 14.8 Å². The van der Waals surface area contributed by atoms with Crippen molar-refractivity contribution >= 4 is 17.9 Å². The molecular formula is C23H26N2O5. The third-order valence-electron chi connectivity index (χ3n) is 4.81. The molecule has 0 saturated carbocycles. The molecule has 1 aliphatic rings. The lowest BCUT2D eigenvalue weighted by Gasteiger charge is -2.28. The number of aryl methyl sites for hydroxylation is 1. The summed E-state index contributed by atoms with van der Waals surface area (Å²) in [6, 6.07) is 12.5. The van der Waals surface area contributed by atoms with Gasteiger partial charge >= 0.3 is 0 Å². The van der Waals surface area contributed by atoms with Crippen molar-refractivity contribution < 1.29 is 23.8 Å². The van der Waals surface area contributed by atoms with E-state index in [9.17, 15) is 9.59 Å². The highest BCUT2D eigenvalue weighted by Gasteiger charge is 2.23. The number of carbonyl (C=O) groups excluding carboxylic acids is 2.